The van der Waals surface area contributed by atoms with Gasteiger partial charge in [-0.25, -0.2) is 4.79 Å². The van der Waals surface area contributed by atoms with E-state index in [4.69, 9.17) is 14.8 Å². The van der Waals surface area contributed by atoms with E-state index < -0.39 is 6.09 Å². The molecule has 0 fully saturated rings. The maximum absolute atomic E-state index is 11.8. The topological polar surface area (TPSA) is 83.7 Å². The summed E-state index contributed by atoms with van der Waals surface area (Å²) in [7, 11) is 1.34. The van der Waals surface area contributed by atoms with Gasteiger partial charge in [-0.05, 0) is 26.8 Å². The number of carbonyl (C=O) groups excluding carboxylic acids is 1. The van der Waals surface area contributed by atoms with Gasteiger partial charge in [-0.3, -0.25) is 4.90 Å². The summed E-state index contributed by atoms with van der Waals surface area (Å²) in [5.74, 6) is 0. The summed E-state index contributed by atoms with van der Waals surface area (Å²) in [5.41, 5.74) is 2.35. The Labute approximate surface area is 129 Å². The summed E-state index contributed by atoms with van der Waals surface area (Å²) in [6.45, 7) is 5.81. The van der Waals surface area contributed by atoms with Crippen molar-refractivity contribution in [3.05, 3.63) is 29.8 Å². The summed E-state index contributed by atoms with van der Waals surface area (Å²) in [4.78, 5) is 18.6. The van der Waals surface area contributed by atoms with Gasteiger partial charge in [0.25, 0.3) is 0 Å². The van der Waals surface area contributed by atoms with Crippen LogP contribution < -0.4 is 4.90 Å². The quantitative estimate of drug-likeness (QED) is 0.497. The maximum atomic E-state index is 11.8. The van der Waals surface area contributed by atoms with E-state index in [-0.39, 0.29) is 6.61 Å². The Morgan fingerprint density at radius 3 is 2.55 bits per heavy atom. The van der Waals surface area contributed by atoms with Crippen LogP contribution in [0.2, 0.25) is 0 Å². The standard InChI is InChI=1S/C15H21N3O4/c1-5-18(15(19)21-4)14-9-7-6-8-13(14)10-22-17-12(3)11(2)16-20/h6-9,20H,5,10H2,1-4H3. The number of nitrogens with zero attached hydrogens (tertiary/aromatic N) is 3. The lowest BCUT2D eigenvalue weighted by atomic mass is 10.1. The molecule has 0 saturated carbocycles. The molecule has 0 spiro atoms. The second-order valence-corrected chi connectivity index (χ2v) is 4.48. The lowest BCUT2D eigenvalue weighted by molar-refractivity contribution is 0.131. The van der Waals surface area contributed by atoms with E-state index in [1.807, 2.05) is 31.2 Å². The average molecular weight is 307 g/mol. The Bertz CT molecular complexity index is 570. The van der Waals surface area contributed by atoms with Crippen LogP contribution in [0.5, 0.6) is 0 Å². The second-order valence-electron chi connectivity index (χ2n) is 4.48. The highest BCUT2D eigenvalue weighted by molar-refractivity contribution is 6.40. The minimum Gasteiger partial charge on any atom is -0.452 e. The molecular formula is C15H21N3O4. The Kier molecular flexibility index (Phi) is 6.88. The van der Waals surface area contributed by atoms with E-state index in [9.17, 15) is 4.79 Å². The highest BCUT2D eigenvalue weighted by Crippen LogP contribution is 2.22. The van der Waals surface area contributed by atoms with Gasteiger partial charge >= 0.3 is 6.09 Å². The van der Waals surface area contributed by atoms with Crippen LogP contribution in [0.1, 0.15) is 26.3 Å². The first kappa shape index (κ1) is 17.5. The first-order valence-electron chi connectivity index (χ1n) is 6.84. The van der Waals surface area contributed by atoms with Crippen LogP contribution in [0.25, 0.3) is 0 Å². The van der Waals surface area contributed by atoms with Crippen molar-refractivity contribution in [1.29, 1.82) is 0 Å². The first-order chi connectivity index (χ1) is 10.5. The van der Waals surface area contributed by atoms with Gasteiger partial charge in [-0.15, -0.1) is 0 Å². The summed E-state index contributed by atoms with van der Waals surface area (Å²) in [6.07, 6.45) is -0.433. The fourth-order valence-electron chi connectivity index (χ4n) is 1.74. The third-order valence-corrected chi connectivity index (χ3v) is 3.09. The molecule has 0 heterocycles. The molecule has 0 aliphatic heterocycles. The van der Waals surface area contributed by atoms with Gasteiger partial charge in [0.2, 0.25) is 0 Å². The number of ether oxygens (including phenoxy) is 1. The molecular weight excluding hydrogens is 286 g/mol. The van der Waals surface area contributed by atoms with E-state index in [1.54, 1.807) is 13.8 Å². The van der Waals surface area contributed by atoms with Gasteiger partial charge < -0.3 is 14.8 Å². The van der Waals surface area contributed by atoms with Crippen LogP contribution in [-0.2, 0) is 16.2 Å². The first-order valence-corrected chi connectivity index (χ1v) is 6.84. The van der Waals surface area contributed by atoms with Gasteiger partial charge in [0.05, 0.1) is 12.8 Å². The summed E-state index contributed by atoms with van der Waals surface area (Å²) >= 11 is 0. The fourth-order valence-corrected chi connectivity index (χ4v) is 1.74. The molecule has 0 saturated heterocycles. The van der Waals surface area contributed by atoms with E-state index in [2.05, 4.69) is 10.3 Å². The molecule has 1 N–H and O–H groups in total. The number of hydrogen-bond donors (Lipinski definition) is 1. The number of benzene rings is 1. The van der Waals surface area contributed by atoms with Crippen molar-refractivity contribution in [2.45, 2.75) is 27.4 Å². The monoisotopic (exact) mass is 307 g/mol. The van der Waals surface area contributed by atoms with Crippen molar-refractivity contribution in [2.75, 3.05) is 18.6 Å². The van der Waals surface area contributed by atoms with Gasteiger partial charge in [-0.1, -0.05) is 28.5 Å². The van der Waals surface area contributed by atoms with Crippen molar-refractivity contribution in [1.82, 2.24) is 0 Å². The fraction of sp³-hybridized carbons (Fsp3) is 0.400. The second kappa shape index (κ2) is 8.66. The van der Waals surface area contributed by atoms with Gasteiger partial charge in [-0.2, -0.15) is 0 Å². The highest BCUT2D eigenvalue weighted by Gasteiger charge is 2.17. The lowest BCUT2D eigenvalue weighted by Gasteiger charge is -2.21. The number of para-hydroxylation sites is 1. The van der Waals surface area contributed by atoms with E-state index in [0.29, 0.717) is 23.7 Å². The number of hydrogen-bond acceptors (Lipinski definition) is 6. The lowest BCUT2D eigenvalue weighted by Crippen LogP contribution is -2.31. The SMILES string of the molecule is CCN(C(=O)OC)c1ccccc1CON=C(C)C(C)=NO. The number of carbonyl (C=O) groups is 1. The van der Waals surface area contributed by atoms with Crippen molar-refractivity contribution in [3.8, 4) is 0 Å². The Morgan fingerprint density at radius 2 is 1.95 bits per heavy atom. The van der Waals surface area contributed by atoms with Crippen LogP contribution in [0.4, 0.5) is 10.5 Å². The van der Waals surface area contributed by atoms with Gasteiger partial charge in [0.15, 0.2) is 0 Å². The van der Waals surface area contributed by atoms with Crippen LogP contribution in [0.3, 0.4) is 0 Å². The molecule has 0 aliphatic carbocycles. The molecule has 0 unspecified atom stereocenters. The largest absolute Gasteiger partial charge is 0.452 e. The van der Waals surface area contributed by atoms with Crippen LogP contribution >= 0.6 is 0 Å². The maximum Gasteiger partial charge on any atom is 0.413 e. The number of anilines is 1. The zero-order valence-corrected chi connectivity index (χ0v) is 13.2. The third-order valence-electron chi connectivity index (χ3n) is 3.09. The third kappa shape index (κ3) is 4.47. The van der Waals surface area contributed by atoms with E-state index >= 15 is 0 Å². The number of rotatable bonds is 6. The molecule has 22 heavy (non-hydrogen) atoms. The zero-order valence-electron chi connectivity index (χ0n) is 13.2. The van der Waals surface area contributed by atoms with Crippen molar-refractivity contribution in [3.63, 3.8) is 0 Å². The number of methoxy groups -OCH3 is 1. The van der Waals surface area contributed by atoms with E-state index in [1.165, 1.54) is 12.0 Å². The summed E-state index contributed by atoms with van der Waals surface area (Å²) in [6, 6.07) is 7.35. The van der Waals surface area contributed by atoms with Crippen LogP contribution in [-0.4, -0.2) is 36.4 Å². The van der Waals surface area contributed by atoms with Crippen molar-refractivity contribution < 1.29 is 19.6 Å². The summed E-state index contributed by atoms with van der Waals surface area (Å²) in [5, 5.41) is 15.6. The molecule has 1 aromatic carbocycles. The number of oxime groups is 2. The Hall–Kier alpha value is -2.57. The van der Waals surface area contributed by atoms with Crippen molar-refractivity contribution in [2.24, 2.45) is 10.3 Å². The smallest absolute Gasteiger partial charge is 0.413 e. The molecule has 7 heteroatoms. The zero-order chi connectivity index (χ0) is 16.5. The number of amides is 1. The minimum absolute atomic E-state index is 0.180. The van der Waals surface area contributed by atoms with Crippen molar-refractivity contribution >= 4 is 23.2 Å². The molecule has 0 aliphatic rings. The molecule has 0 bridgehead atoms. The Balaban J connectivity index is 2.91. The van der Waals surface area contributed by atoms with Crippen LogP contribution in [0.15, 0.2) is 34.6 Å². The van der Waals surface area contributed by atoms with Gasteiger partial charge in [0.1, 0.15) is 18.0 Å². The molecule has 1 aromatic rings. The van der Waals surface area contributed by atoms with Crippen LogP contribution in [0, 0.1) is 0 Å². The predicted octanol–water partition coefficient (Wildman–Crippen LogP) is 3.02. The molecule has 120 valence electrons. The molecule has 0 aromatic heterocycles. The van der Waals surface area contributed by atoms with E-state index in [0.717, 1.165) is 5.56 Å². The molecule has 1 rings (SSSR count). The predicted molar refractivity (Wildman–Crippen MR) is 84.7 cm³/mol. The Morgan fingerprint density at radius 1 is 1.27 bits per heavy atom. The normalized spacial score (nSPS) is 12.0. The minimum atomic E-state index is -0.433. The average Bonchev–Trinajstić information content (AvgIpc) is 2.55. The molecule has 0 radical (unpaired) electrons. The molecule has 0 atom stereocenters. The molecule has 1 amide bonds. The molecule has 7 nitrogen and oxygen atoms in total. The van der Waals surface area contributed by atoms with Gasteiger partial charge in [0, 0.05) is 12.1 Å². The summed E-state index contributed by atoms with van der Waals surface area (Å²) < 4.78 is 4.78. The highest BCUT2D eigenvalue weighted by atomic mass is 16.6.